The van der Waals surface area contributed by atoms with Crippen LogP contribution in [0.25, 0.3) is 0 Å². The van der Waals surface area contributed by atoms with E-state index in [0.717, 1.165) is 0 Å². The Bertz CT molecular complexity index is 245. The molecule has 2 aliphatic rings. The number of aliphatic hydroxyl groups excluding tert-OH is 1. The molecule has 7 nitrogen and oxygen atoms in total. The molecule has 0 saturated carbocycles. The van der Waals surface area contributed by atoms with Gasteiger partial charge < -0.3 is 19.7 Å². The van der Waals surface area contributed by atoms with Gasteiger partial charge in [-0.1, -0.05) is 0 Å². The molecule has 0 unspecified atom stereocenters. The lowest BCUT2D eigenvalue weighted by molar-refractivity contribution is -0.631. The van der Waals surface area contributed by atoms with Crippen LogP contribution in [0.2, 0.25) is 0 Å². The van der Waals surface area contributed by atoms with Gasteiger partial charge in [0.05, 0.1) is 11.5 Å². The van der Waals surface area contributed by atoms with Gasteiger partial charge in [0, 0.05) is 0 Å². The Morgan fingerprint density at radius 1 is 1.54 bits per heavy atom. The van der Waals surface area contributed by atoms with Crippen LogP contribution in [0.3, 0.4) is 0 Å². The van der Waals surface area contributed by atoms with E-state index >= 15 is 0 Å². The highest BCUT2D eigenvalue weighted by Gasteiger charge is 2.64. The molecule has 0 aromatic heterocycles. The van der Waals surface area contributed by atoms with E-state index in [0.29, 0.717) is 0 Å². The van der Waals surface area contributed by atoms with E-state index in [1.54, 1.807) is 0 Å². The van der Waals surface area contributed by atoms with Crippen LogP contribution in [0, 0.1) is 10.1 Å². The maximum absolute atomic E-state index is 10.5. The average Bonchev–Trinajstić information content (AvgIpc) is 2.57. The number of fused-ring (bicyclic) bond motifs is 1. The molecule has 4 atom stereocenters. The van der Waals surface area contributed by atoms with E-state index in [1.807, 2.05) is 0 Å². The molecule has 74 valence electrons. The lowest BCUT2D eigenvalue weighted by atomic mass is 10.1. The van der Waals surface area contributed by atoms with E-state index in [9.17, 15) is 20.3 Å². The van der Waals surface area contributed by atoms with Gasteiger partial charge in [0.1, 0.15) is 18.8 Å². The zero-order valence-electron chi connectivity index (χ0n) is 6.62. The molecular formula is C6H9NO6. The molecule has 0 spiro atoms. The SMILES string of the molecule is O=[N+]([O-])[C@]1(O)CO[C@@H]2[C@@H](O)CO[C@@H]21. The predicted octanol–water partition coefficient (Wildman–Crippen LogP) is -1.89. The predicted molar refractivity (Wildman–Crippen MR) is 37.4 cm³/mol. The Labute approximate surface area is 73.0 Å². The molecule has 0 aromatic rings. The molecular weight excluding hydrogens is 182 g/mol. The minimum absolute atomic E-state index is 0.0362. The van der Waals surface area contributed by atoms with Crippen LogP contribution >= 0.6 is 0 Å². The summed E-state index contributed by atoms with van der Waals surface area (Å²) in [5.74, 6) is 0. The number of aliphatic hydroxyl groups is 2. The molecule has 0 bridgehead atoms. The number of ether oxygens (including phenoxy) is 2. The highest BCUT2D eigenvalue weighted by molar-refractivity contribution is 4.98. The molecule has 2 N–H and O–H groups in total. The van der Waals surface area contributed by atoms with Gasteiger partial charge in [-0.25, -0.2) is 0 Å². The zero-order valence-corrected chi connectivity index (χ0v) is 6.62. The largest absolute Gasteiger partial charge is 0.388 e. The van der Waals surface area contributed by atoms with Gasteiger partial charge in [-0.15, -0.1) is 0 Å². The van der Waals surface area contributed by atoms with Crippen LogP contribution < -0.4 is 0 Å². The van der Waals surface area contributed by atoms with Crippen LogP contribution in [0.15, 0.2) is 0 Å². The topological polar surface area (TPSA) is 102 Å². The van der Waals surface area contributed by atoms with Crippen LogP contribution in [-0.2, 0) is 9.47 Å². The lowest BCUT2D eigenvalue weighted by Gasteiger charge is -2.16. The molecule has 2 rings (SSSR count). The van der Waals surface area contributed by atoms with Crippen LogP contribution in [0.5, 0.6) is 0 Å². The van der Waals surface area contributed by atoms with Gasteiger partial charge in [-0.2, -0.15) is 0 Å². The molecule has 0 amide bonds. The summed E-state index contributed by atoms with van der Waals surface area (Å²) in [5.41, 5.74) is -2.21. The number of hydrogen-bond acceptors (Lipinski definition) is 6. The molecule has 0 aromatic carbocycles. The molecule has 7 heteroatoms. The van der Waals surface area contributed by atoms with Crippen LogP contribution in [-0.4, -0.2) is 52.4 Å². The first kappa shape index (κ1) is 8.82. The van der Waals surface area contributed by atoms with Gasteiger partial charge in [0.15, 0.2) is 6.10 Å². The minimum Gasteiger partial charge on any atom is -0.388 e. The highest BCUT2D eigenvalue weighted by atomic mass is 16.7. The molecule has 2 fully saturated rings. The fourth-order valence-corrected chi connectivity index (χ4v) is 1.65. The smallest absolute Gasteiger partial charge is 0.374 e. The van der Waals surface area contributed by atoms with Crippen molar-refractivity contribution in [1.82, 2.24) is 0 Å². The minimum atomic E-state index is -2.21. The second kappa shape index (κ2) is 2.61. The van der Waals surface area contributed by atoms with Gasteiger partial charge in [0.2, 0.25) is 0 Å². The van der Waals surface area contributed by atoms with E-state index in [2.05, 4.69) is 0 Å². The molecule has 2 heterocycles. The summed E-state index contributed by atoms with van der Waals surface area (Å²) in [5, 5.41) is 29.2. The van der Waals surface area contributed by atoms with Crippen molar-refractivity contribution in [3.63, 3.8) is 0 Å². The second-order valence-electron chi connectivity index (χ2n) is 3.23. The fourth-order valence-electron chi connectivity index (χ4n) is 1.65. The van der Waals surface area contributed by atoms with Crippen molar-refractivity contribution in [2.75, 3.05) is 13.2 Å². The first-order chi connectivity index (χ1) is 6.05. The first-order valence-electron chi connectivity index (χ1n) is 3.84. The number of rotatable bonds is 1. The summed E-state index contributed by atoms with van der Waals surface area (Å²) in [4.78, 5) is 9.65. The van der Waals surface area contributed by atoms with E-state index < -0.39 is 35.6 Å². The van der Waals surface area contributed by atoms with Gasteiger partial charge in [0.25, 0.3) is 0 Å². The van der Waals surface area contributed by atoms with Gasteiger partial charge >= 0.3 is 5.72 Å². The summed E-state index contributed by atoms with van der Waals surface area (Å²) >= 11 is 0. The third-order valence-corrected chi connectivity index (χ3v) is 2.38. The maximum Gasteiger partial charge on any atom is 0.374 e. The van der Waals surface area contributed by atoms with Crippen molar-refractivity contribution in [2.45, 2.75) is 24.0 Å². The highest BCUT2D eigenvalue weighted by Crippen LogP contribution is 2.34. The maximum atomic E-state index is 10.5. The van der Waals surface area contributed by atoms with Crippen molar-refractivity contribution in [2.24, 2.45) is 0 Å². The summed E-state index contributed by atoms with van der Waals surface area (Å²) in [6.45, 7) is -0.474. The van der Waals surface area contributed by atoms with E-state index in [1.165, 1.54) is 0 Å². The number of nitro groups is 1. The Hall–Kier alpha value is -0.760. The standard InChI is InChI=1S/C6H9NO6/c8-3-1-12-5-4(3)13-2-6(5,9)7(10)11/h3-5,8-9H,1-2H2/t3-,4+,5-,6-/m0/s1. The monoisotopic (exact) mass is 191 g/mol. The first-order valence-corrected chi connectivity index (χ1v) is 3.84. The quantitative estimate of drug-likeness (QED) is 0.285. The fraction of sp³-hybridized carbons (Fsp3) is 1.00. The third kappa shape index (κ3) is 1.05. The summed E-state index contributed by atoms with van der Waals surface area (Å²) in [6.07, 6.45) is -2.73. The van der Waals surface area contributed by atoms with E-state index in [-0.39, 0.29) is 6.61 Å². The van der Waals surface area contributed by atoms with E-state index in [4.69, 9.17) is 9.47 Å². The average molecular weight is 191 g/mol. The molecule has 2 saturated heterocycles. The number of nitrogens with zero attached hydrogens (tertiary/aromatic N) is 1. The van der Waals surface area contributed by atoms with Crippen LogP contribution in [0.1, 0.15) is 0 Å². The summed E-state index contributed by atoms with van der Waals surface area (Å²) < 4.78 is 9.80. The molecule has 0 radical (unpaired) electrons. The van der Waals surface area contributed by atoms with Crippen molar-refractivity contribution in [3.8, 4) is 0 Å². The van der Waals surface area contributed by atoms with Gasteiger partial charge in [-0.3, -0.25) is 10.1 Å². The summed E-state index contributed by atoms with van der Waals surface area (Å²) in [6, 6.07) is 0. The third-order valence-electron chi connectivity index (χ3n) is 2.38. The van der Waals surface area contributed by atoms with Crippen molar-refractivity contribution < 1.29 is 24.6 Å². The van der Waals surface area contributed by atoms with Crippen molar-refractivity contribution in [3.05, 3.63) is 10.1 Å². The molecule has 2 aliphatic heterocycles. The van der Waals surface area contributed by atoms with Crippen molar-refractivity contribution >= 4 is 0 Å². The molecule has 0 aliphatic carbocycles. The number of hydrogen-bond donors (Lipinski definition) is 2. The normalized spacial score (nSPS) is 49.2. The lowest BCUT2D eigenvalue weighted by Crippen LogP contribution is -2.50. The Balaban J connectivity index is 2.23. The van der Waals surface area contributed by atoms with Crippen LogP contribution in [0.4, 0.5) is 0 Å². The molecule has 13 heavy (non-hydrogen) atoms. The second-order valence-corrected chi connectivity index (χ2v) is 3.23. The Morgan fingerprint density at radius 2 is 2.23 bits per heavy atom. The Kier molecular flexibility index (Phi) is 1.77. The summed E-state index contributed by atoms with van der Waals surface area (Å²) in [7, 11) is 0. The van der Waals surface area contributed by atoms with Gasteiger partial charge in [-0.05, 0) is 0 Å². The zero-order chi connectivity index (χ0) is 9.64. The Morgan fingerprint density at radius 3 is 2.85 bits per heavy atom. The van der Waals surface area contributed by atoms with Crippen molar-refractivity contribution in [1.29, 1.82) is 0 Å².